The van der Waals surface area contributed by atoms with Gasteiger partial charge in [0.15, 0.2) is 0 Å². The zero-order valence-electron chi connectivity index (χ0n) is 17.7. The fourth-order valence-electron chi connectivity index (χ4n) is 4.39. The van der Waals surface area contributed by atoms with Crippen LogP contribution in [0.3, 0.4) is 0 Å². The van der Waals surface area contributed by atoms with Gasteiger partial charge in [-0.3, -0.25) is 9.69 Å². The number of benzene rings is 1. The molecule has 160 valence electrons. The van der Waals surface area contributed by atoms with Gasteiger partial charge in [-0.15, -0.1) is 0 Å². The quantitative estimate of drug-likeness (QED) is 0.736. The molecule has 1 amide bonds. The number of rotatable bonds is 5. The monoisotopic (exact) mass is 419 g/mol. The molecule has 2 aliphatic heterocycles. The van der Waals surface area contributed by atoms with E-state index in [1.165, 1.54) is 16.1 Å². The molecule has 2 fully saturated rings. The highest BCUT2D eigenvalue weighted by atomic mass is 32.2. The molecule has 0 aliphatic carbocycles. The highest BCUT2D eigenvalue weighted by Crippen LogP contribution is 2.24. The van der Waals surface area contributed by atoms with E-state index in [4.69, 9.17) is 0 Å². The molecule has 1 aromatic rings. The number of carbonyl (C=O) groups excluding carboxylic acids is 1. The third-order valence-electron chi connectivity index (χ3n) is 6.22. The lowest BCUT2D eigenvalue weighted by Crippen LogP contribution is -2.58. The minimum Gasteiger partial charge on any atom is -0.336 e. The minimum absolute atomic E-state index is 0.171. The van der Waals surface area contributed by atoms with Crippen molar-refractivity contribution < 1.29 is 13.2 Å². The molecule has 0 unspecified atom stereocenters. The second-order valence-corrected chi connectivity index (χ2v) is 10.1. The SMILES string of the molecule is C[C@H](C(=O)N1[C@H](C)CCC[C@H]1C)N1CCN(S(=O)(=O)/C=C/c2ccccc2)CC1. The van der Waals surface area contributed by atoms with Crippen LogP contribution < -0.4 is 0 Å². The van der Waals surface area contributed by atoms with Gasteiger partial charge in [0.05, 0.1) is 6.04 Å². The lowest BCUT2D eigenvalue weighted by molar-refractivity contribution is -0.143. The molecule has 0 aromatic heterocycles. The Morgan fingerprint density at radius 3 is 2.21 bits per heavy atom. The molecule has 2 heterocycles. The van der Waals surface area contributed by atoms with Gasteiger partial charge >= 0.3 is 0 Å². The van der Waals surface area contributed by atoms with Crippen molar-refractivity contribution >= 4 is 22.0 Å². The van der Waals surface area contributed by atoms with Crippen LogP contribution >= 0.6 is 0 Å². The van der Waals surface area contributed by atoms with Crippen LogP contribution in [0.1, 0.15) is 45.6 Å². The second-order valence-electron chi connectivity index (χ2n) is 8.24. The van der Waals surface area contributed by atoms with E-state index in [1.54, 1.807) is 6.08 Å². The largest absolute Gasteiger partial charge is 0.336 e. The summed E-state index contributed by atoms with van der Waals surface area (Å²) >= 11 is 0. The number of likely N-dealkylation sites (tertiary alicyclic amines) is 1. The van der Waals surface area contributed by atoms with Crippen LogP contribution in [0.25, 0.3) is 6.08 Å². The first kappa shape index (κ1) is 22.0. The smallest absolute Gasteiger partial charge is 0.240 e. The van der Waals surface area contributed by atoms with Crippen molar-refractivity contribution in [2.24, 2.45) is 0 Å². The fourth-order valence-corrected chi connectivity index (χ4v) is 5.56. The fraction of sp³-hybridized carbons (Fsp3) is 0.591. The number of piperidine rings is 1. The van der Waals surface area contributed by atoms with Crippen molar-refractivity contribution in [1.82, 2.24) is 14.1 Å². The number of carbonyl (C=O) groups is 1. The van der Waals surface area contributed by atoms with Gasteiger partial charge in [0.25, 0.3) is 0 Å². The summed E-state index contributed by atoms with van der Waals surface area (Å²) in [4.78, 5) is 17.3. The average Bonchev–Trinajstić information content (AvgIpc) is 2.72. The van der Waals surface area contributed by atoms with E-state index in [0.717, 1.165) is 18.4 Å². The maximum absolute atomic E-state index is 13.1. The molecular weight excluding hydrogens is 386 g/mol. The number of hydrogen-bond acceptors (Lipinski definition) is 4. The third kappa shape index (κ3) is 5.27. The maximum Gasteiger partial charge on any atom is 0.240 e. The van der Waals surface area contributed by atoms with Gasteiger partial charge in [-0.2, -0.15) is 4.31 Å². The molecule has 0 N–H and O–H groups in total. The standard InChI is InChI=1S/C22H33N3O3S/c1-18-8-7-9-19(2)25(18)22(26)20(3)23-13-15-24(16-14-23)29(27,28)17-12-21-10-5-4-6-11-21/h4-6,10-12,17-20H,7-9,13-16H2,1-3H3/b17-12+/t18-,19-,20-/m1/s1. The van der Waals surface area contributed by atoms with Gasteiger partial charge in [-0.25, -0.2) is 8.42 Å². The highest BCUT2D eigenvalue weighted by Gasteiger charge is 2.35. The Balaban J connectivity index is 1.58. The van der Waals surface area contributed by atoms with Crippen LogP contribution in [0.5, 0.6) is 0 Å². The van der Waals surface area contributed by atoms with E-state index in [0.29, 0.717) is 26.2 Å². The molecule has 0 bridgehead atoms. The van der Waals surface area contributed by atoms with E-state index in [1.807, 2.05) is 42.2 Å². The van der Waals surface area contributed by atoms with Gasteiger partial charge in [-0.05, 0) is 51.7 Å². The Hall–Kier alpha value is -1.70. The van der Waals surface area contributed by atoms with Crippen LogP contribution in [0.15, 0.2) is 35.7 Å². The predicted molar refractivity (Wildman–Crippen MR) is 117 cm³/mol. The van der Waals surface area contributed by atoms with E-state index in [2.05, 4.69) is 18.7 Å². The topological polar surface area (TPSA) is 60.9 Å². The Morgan fingerprint density at radius 1 is 1.03 bits per heavy atom. The predicted octanol–water partition coefficient (Wildman–Crippen LogP) is 2.78. The highest BCUT2D eigenvalue weighted by molar-refractivity contribution is 7.92. The number of nitrogens with zero attached hydrogens (tertiary/aromatic N) is 3. The second kappa shape index (κ2) is 9.41. The Kier molecular flexibility index (Phi) is 7.14. The Bertz CT molecular complexity index is 807. The lowest BCUT2D eigenvalue weighted by Gasteiger charge is -2.43. The summed E-state index contributed by atoms with van der Waals surface area (Å²) in [6.07, 6.45) is 4.92. The average molecular weight is 420 g/mol. The van der Waals surface area contributed by atoms with Gasteiger partial charge in [0.1, 0.15) is 0 Å². The van der Waals surface area contributed by atoms with E-state index >= 15 is 0 Å². The van der Waals surface area contributed by atoms with Crippen molar-refractivity contribution in [3.63, 3.8) is 0 Å². The van der Waals surface area contributed by atoms with Crippen LogP contribution in [-0.2, 0) is 14.8 Å². The number of piperazine rings is 1. The minimum atomic E-state index is -3.46. The van der Waals surface area contributed by atoms with Crippen molar-refractivity contribution in [2.45, 2.75) is 58.2 Å². The molecule has 29 heavy (non-hydrogen) atoms. The Labute approximate surface area is 175 Å². The van der Waals surface area contributed by atoms with Gasteiger partial charge < -0.3 is 4.90 Å². The van der Waals surface area contributed by atoms with Crippen LogP contribution in [0.4, 0.5) is 0 Å². The van der Waals surface area contributed by atoms with Crippen molar-refractivity contribution in [3.8, 4) is 0 Å². The van der Waals surface area contributed by atoms with Crippen LogP contribution in [0.2, 0.25) is 0 Å². The number of amides is 1. The molecule has 2 aliphatic rings. The molecule has 3 atom stereocenters. The molecule has 6 nitrogen and oxygen atoms in total. The molecule has 2 saturated heterocycles. The molecule has 7 heteroatoms. The first-order valence-electron chi connectivity index (χ1n) is 10.6. The first-order chi connectivity index (χ1) is 13.8. The molecule has 1 aromatic carbocycles. The van der Waals surface area contributed by atoms with Gasteiger partial charge in [-0.1, -0.05) is 30.3 Å². The van der Waals surface area contributed by atoms with Crippen LogP contribution in [0, 0.1) is 0 Å². The summed E-state index contributed by atoms with van der Waals surface area (Å²) in [5.74, 6) is 0.171. The maximum atomic E-state index is 13.1. The van der Waals surface area contributed by atoms with Gasteiger partial charge in [0, 0.05) is 43.7 Å². The first-order valence-corrected chi connectivity index (χ1v) is 12.1. The van der Waals surface area contributed by atoms with Crippen molar-refractivity contribution in [3.05, 3.63) is 41.3 Å². The zero-order chi connectivity index (χ0) is 21.0. The summed E-state index contributed by atoms with van der Waals surface area (Å²) in [5, 5.41) is 1.28. The Morgan fingerprint density at radius 2 is 1.62 bits per heavy atom. The number of hydrogen-bond donors (Lipinski definition) is 0. The molecule has 3 rings (SSSR count). The zero-order valence-corrected chi connectivity index (χ0v) is 18.5. The van der Waals surface area contributed by atoms with Crippen molar-refractivity contribution in [1.29, 1.82) is 0 Å². The third-order valence-corrected chi connectivity index (χ3v) is 7.78. The molecule has 0 spiro atoms. The van der Waals surface area contributed by atoms with Crippen molar-refractivity contribution in [2.75, 3.05) is 26.2 Å². The van der Waals surface area contributed by atoms with E-state index in [-0.39, 0.29) is 24.0 Å². The summed E-state index contributed by atoms with van der Waals surface area (Å²) in [5.41, 5.74) is 0.860. The normalized spacial score (nSPS) is 26.0. The van der Waals surface area contributed by atoms with E-state index in [9.17, 15) is 13.2 Å². The number of sulfonamides is 1. The van der Waals surface area contributed by atoms with Crippen LogP contribution in [-0.4, -0.2) is 72.7 Å². The van der Waals surface area contributed by atoms with Gasteiger partial charge in [0.2, 0.25) is 15.9 Å². The molecule has 0 radical (unpaired) electrons. The summed E-state index contributed by atoms with van der Waals surface area (Å²) in [6.45, 7) is 8.17. The van der Waals surface area contributed by atoms with E-state index < -0.39 is 10.0 Å². The summed E-state index contributed by atoms with van der Waals surface area (Å²) in [7, 11) is -3.46. The molecule has 0 saturated carbocycles. The summed E-state index contributed by atoms with van der Waals surface area (Å²) in [6, 6.07) is 9.75. The summed E-state index contributed by atoms with van der Waals surface area (Å²) < 4.78 is 26.8. The molecular formula is C22H33N3O3S. The lowest BCUT2D eigenvalue weighted by atomic mass is 9.96.